The van der Waals surface area contributed by atoms with E-state index in [1.165, 1.54) is 16.9 Å². The van der Waals surface area contributed by atoms with Gasteiger partial charge in [-0.3, -0.25) is 14.2 Å². The van der Waals surface area contributed by atoms with Crippen LogP contribution in [-0.4, -0.2) is 40.1 Å². The lowest BCUT2D eigenvalue weighted by Gasteiger charge is -2.30. The van der Waals surface area contributed by atoms with Crippen molar-refractivity contribution in [1.82, 2.24) is 14.5 Å². The van der Waals surface area contributed by atoms with Crippen LogP contribution in [0.1, 0.15) is 41.8 Å². The van der Waals surface area contributed by atoms with Gasteiger partial charge in [0.2, 0.25) is 5.91 Å². The van der Waals surface area contributed by atoms with Crippen LogP contribution in [0, 0.1) is 13.8 Å². The van der Waals surface area contributed by atoms with Gasteiger partial charge in [0, 0.05) is 30.9 Å². The van der Waals surface area contributed by atoms with E-state index in [4.69, 9.17) is 9.47 Å². The van der Waals surface area contributed by atoms with Gasteiger partial charge in [-0.1, -0.05) is 0 Å². The van der Waals surface area contributed by atoms with E-state index in [2.05, 4.69) is 4.98 Å². The van der Waals surface area contributed by atoms with Crippen molar-refractivity contribution in [3.05, 3.63) is 50.4 Å². The minimum atomic E-state index is -0.0709. The van der Waals surface area contributed by atoms with Gasteiger partial charge >= 0.3 is 0 Å². The molecule has 0 saturated carbocycles. The van der Waals surface area contributed by atoms with Crippen molar-refractivity contribution in [2.45, 2.75) is 53.6 Å². The summed E-state index contributed by atoms with van der Waals surface area (Å²) in [5, 5.41) is 0.669. The van der Waals surface area contributed by atoms with Crippen LogP contribution in [0.25, 0.3) is 10.2 Å². The van der Waals surface area contributed by atoms with Gasteiger partial charge in [-0.05, 0) is 62.9 Å². The highest BCUT2D eigenvalue weighted by Crippen LogP contribution is 2.34. The quantitative estimate of drug-likeness (QED) is 0.541. The highest BCUT2D eigenvalue weighted by Gasteiger charge is 2.23. The molecule has 0 N–H and O–H groups in total. The summed E-state index contributed by atoms with van der Waals surface area (Å²) in [4.78, 5) is 34.0. The molecular weight excluding hydrogens is 426 g/mol. The number of rotatable bonds is 7. The Labute approximate surface area is 191 Å². The number of hydrogen-bond donors (Lipinski definition) is 0. The monoisotopic (exact) mass is 455 g/mol. The molecular formula is C24H29N3O4S. The molecule has 3 aromatic rings. The highest BCUT2D eigenvalue weighted by molar-refractivity contribution is 7.18. The van der Waals surface area contributed by atoms with E-state index in [1.807, 2.05) is 44.7 Å². The molecule has 0 spiro atoms. The molecule has 2 aromatic heterocycles. The molecule has 1 aliphatic heterocycles. The lowest BCUT2D eigenvalue weighted by atomic mass is 9.98. The Morgan fingerprint density at radius 2 is 1.81 bits per heavy atom. The molecule has 3 heterocycles. The Morgan fingerprint density at radius 3 is 2.50 bits per heavy atom. The topological polar surface area (TPSA) is 73.7 Å². The molecule has 0 unspecified atom stereocenters. The van der Waals surface area contributed by atoms with Gasteiger partial charge < -0.3 is 14.4 Å². The van der Waals surface area contributed by atoms with E-state index >= 15 is 0 Å². The number of ether oxygens (including phenoxy) is 2. The van der Waals surface area contributed by atoms with E-state index in [9.17, 15) is 9.59 Å². The molecule has 8 heteroatoms. The molecule has 1 aliphatic rings. The number of amides is 1. The lowest BCUT2D eigenvalue weighted by Crippen LogP contribution is -2.37. The number of benzene rings is 1. The molecule has 7 nitrogen and oxygen atoms in total. The first-order valence-corrected chi connectivity index (χ1v) is 11.9. The van der Waals surface area contributed by atoms with Gasteiger partial charge in [-0.25, -0.2) is 4.98 Å². The maximum absolute atomic E-state index is 12.9. The number of hydrogen-bond acceptors (Lipinski definition) is 6. The Morgan fingerprint density at radius 1 is 1.12 bits per heavy atom. The normalized spacial score (nSPS) is 13.3. The molecule has 0 saturated heterocycles. The molecule has 170 valence electrons. The molecule has 32 heavy (non-hydrogen) atoms. The molecule has 0 bridgehead atoms. The number of aromatic nitrogens is 2. The van der Waals surface area contributed by atoms with E-state index in [0.717, 1.165) is 38.8 Å². The number of thiophene rings is 1. The van der Waals surface area contributed by atoms with Crippen LogP contribution in [0.5, 0.6) is 11.5 Å². The molecule has 0 aliphatic carbocycles. The zero-order valence-corrected chi connectivity index (χ0v) is 19.9. The summed E-state index contributed by atoms with van der Waals surface area (Å²) in [5.41, 5.74) is 3.18. The maximum atomic E-state index is 12.9. The fraction of sp³-hybridized carbons (Fsp3) is 0.458. The van der Waals surface area contributed by atoms with Gasteiger partial charge in [0.1, 0.15) is 4.83 Å². The molecule has 0 atom stereocenters. The summed E-state index contributed by atoms with van der Waals surface area (Å²) in [6, 6.07) is 4.03. The number of aryl methyl sites for hydroxylation is 3. The van der Waals surface area contributed by atoms with E-state index in [0.29, 0.717) is 38.2 Å². The van der Waals surface area contributed by atoms with E-state index < -0.39 is 0 Å². The van der Waals surface area contributed by atoms with Crippen LogP contribution in [-0.2, 0) is 24.3 Å². The average Bonchev–Trinajstić information content (AvgIpc) is 3.07. The van der Waals surface area contributed by atoms with Crippen LogP contribution >= 0.6 is 11.3 Å². The second kappa shape index (κ2) is 9.32. The van der Waals surface area contributed by atoms with Crippen molar-refractivity contribution in [3.8, 4) is 11.5 Å². The predicted molar refractivity (Wildman–Crippen MR) is 126 cm³/mol. The van der Waals surface area contributed by atoms with Gasteiger partial charge in [0.25, 0.3) is 5.56 Å². The minimum absolute atomic E-state index is 0.0349. The Bertz CT molecular complexity index is 1210. The van der Waals surface area contributed by atoms with Crippen molar-refractivity contribution >= 4 is 27.5 Å². The fourth-order valence-corrected chi connectivity index (χ4v) is 5.10. The lowest BCUT2D eigenvalue weighted by molar-refractivity contribution is -0.132. The van der Waals surface area contributed by atoms with Crippen molar-refractivity contribution < 1.29 is 14.3 Å². The molecule has 0 fully saturated rings. The first-order chi connectivity index (χ1) is 15.4. The average molecular weight is 456 g/mol. The van der Waals surface area contributed by atoms with E-state index in [-0.39, 0.29) is 17.9 Å². The fourth-order valence-electron chi connectivity index (χ4n) is 4.12. The van der Waals surface area contributed by atoms with Crippen LogP contribution in [0.2, 0.25) is 0 Å². The zero-order chi connectivity index (χ0) is 22.8. The van der Waals surface area contributed by atoms with Gasteiger partial charge in [0.15, 0.2) is 11.5 Å². The highest BCUT2D eigenvalue weighted by atomic mass is 32.1. The van der Waals surface area contributed by atoms with Crippen molar-refractivity contribution in [2.75, 3.05) is 19.8 Å². The van der Waals surface area contributed by atoms with Crippen LogP contribution in [0.15, 0.2) is 23.3 Å². The summed E-state index contributed by atoms with van der Waals surface area (Å²) in [6.07, 6.45) is 2.59. The van der Waals surface area contributed by atoms with Crippen molar-refractivity contribution in [3.63, 3.8) is 0 Å². The van der Waals surface area contributed by atoms with E-state index in [1.54, 1.807) is 10.9 Å². The molecule has 0 radical (unpaired) electrons. The van der Waals surface area contributed by atoms with Crippen molar-refractivity contribution in [2.24, 2.45) is 0 Å². The first kappa shape index (κ1) is 22.3. The Balaban J connectivity index is 1.47. The summed E-state index contributed by atoms with van der Waals surface area (Å²) in [7, 11) is 0. The molecule has 4 rings (SSSR count). The third-order valence-corrected chi connectivity index (χ3v) is 7.07. The predicted octanol–water partition coefficient (Wildman–Crippen LogP) is 3.85. The summed E-state index contributed by atoms with van der Waals surface area (Å²) in [6.45, 7) is 10.5. The number of carbonyl (C=O) groups excluding carboxylic acids is 1. The van der Waals surface area contributed by atoms with Crippen LogP contribution in [0.4, 0.5) is 0 Å². The Kier molecular flexibility index (Phi) is 6.50. The third kappa shape index (κ3) is 4.24. The second-order valence-corrected chi connectivity index (χ2v) is 9.16. The standard InChI is InChI=1S/C24H29N3O4S/c1-5-30-19-11-17-7-9-26(13-18(17)12-20(19)31-6-2)21(28)8-10-27-14-25-23-22(24(27)29)15(3)16(4)32-23/h11-12,14H,5-10,13H2,1-4H3. The first-order valence-electron chi connectivity index (χ1n) is 11.1. The summed E-state index contributed by atoms with van der Waals surface area (Å²) < 4.78 is 13.0. The molecule has 1 aromatic carbocycles. The summed E-state index contributed by atoms with van der Waals surface area (Å²) in [5.74, 6) is 1.51. The van der Waals surface area contributed by atoms with Crippen LogP contribution in [0.3, 0.4) is 0 Å². The van der Waals surface area contributed by atoms with Crippen molar-refractivity contribution in [1.29, 1.82) is 0 Å². The Hall–Kier alpha value is -2.87. The number of carbonyl (C=O) groups is 1. The maximum Gasteiger partial charge on any atom is 0.262 e. The molecule has 1 amide bonds. The number of fused-ring (bicyclic) bond motifs is 2. The largest absolute Gasteiger partial charge is 0.490 e. The van der Waals surface area contributed by atoms with Gasteiger partial charge in [-0.2, -0.15) is 0 Å². The van der Waals surface area contributed by atoms with Crippen LogP contribution < -0.4 is 15.0 Å². The summed E-state index contributed by atoms with van der Waals surface area (Å²) >= 11 is 1.53. The smallest absolute Gasteiger partial charge is 0.262 e. The third-order valence-electron chi connectivity index (χ3n) is 5.95. The SMILES string of the molecule is CCOc1cc2c(cc1OCC)CN(C(=O)CCn1cnc3sc(C)c(C)c3c1=O)CC2. The van der Waals surface area contributed by atoms with Gasteiger partial charge in [-0.15, -0.1) is 11.3 Å². The second-order valence-electron chi connectivity index (χ2n) is 7.96. The zero-order valence-electron chi connectivity index (χ0n) is 19.1. The minimum Gasteiger partial charge on any atom is -0.490 e. The van der Waals surface area contributed by atoms with Gasteiger partial charge in [0.05, 0.1) is 24.9 Å². The number of nitrogens with zero attached hydrogens (tertiary/aromatic N) is 3.